The molecule has 0 unspecified atom stereocenters. The SMILES string of the molecule is NS(=O)(=O)c1ccc(-c2c[c]ccc2)cc1. The molecule has 2 aromatic carbocycles. The van der Waals surface area contributed by atoms with Crippen LogP contribution in [0.25, 0.3) is 11.1 Å². The highest BCUT2D eigenvalue weighted by Crippen LogP contribution is 2.20. The minimum atomic E-state index is -3.61. The molecule has 0 heterocycles. The molecule has 0 spiro atoms. The van der Waals surface area contributed by atoms with Crippen molar-refractivity contribution < 1.29 is 8.42 Å². The van der Waals surface area contributed by atoms with E-state index in [1.165, 1.54) is 12.1 Å². The first-order chi connectivity index (χ1) is 7.57. The number of benzene rings is 2. The maximum Gasteiger partial charge on any atom is 0.238 e. The Morgan fingerprint density at radius 2 is 1.69 bits per heavy atom. The molecule has 4 heteroatoms. The summed E-state index contributed by atoms with van der Waals surface area (Å²) in [6.45, 7) is 0. The van der Waals surface area contributed by atoms with Gasteiger partial charge >= 0.3 is 0 Å². The molecule has 0 saturated heterocycles. The van der Waals surface area contributed by atoms with Crippen LogP contribution < -0.4 is 5.14 Å². The average Bonchev–Trinajstić information content (AvgIpc) is 2.29. The molecule has 0 amide bonds. The van der Waals surface area contributed by atoms with Crippen molar-refractivity contribution in [3.05, 3.63) is 54.6 Å². The molecule has 0 aromatic heterocycles. The van der Waals surface area contributed by atoms with E-state index in [1.54, 1.807) is 12.1 Å². The van der Waals surface area contributed by atoms with Crippen molar-refractivity contribution in [3.63, 3.8) is 0 Å². The predicted octanol–water partition coefficient (Wildman–Crippen LogP) is 1.80. The van der Waals surface area contributed by atoms with Crippen LogP contribution in [0.5, 0.6) is 0 Å². The van der Waals surface area contributed by atoms with Gasteiger partial charge in [0, 0.05) is 0 Å². The van der Waals surface area contributed by atoms with Crippen LogP contribution in [-0.4, -0.2) is 8.42 Å². The predicted molar refractivity (Wildman–Crippen MR) is 62.1 cm³/mol. The van der Waals surface area contributed by atoms with Gasteiger partial charge in [0.15, 0.2) is 0 Å². The average molecular weight is 232 g/mol. The number of nitrogens with two attached hydrogens (primary N) is 1. The fourth-order valence-electron chi connectivity index (χ4n) is 1.41. The first-order valence-electron chi connectivity index (χ1n) is 4.67. The van der Waals surface area contributed by atoms with Gasteiger partial charge in [-0.05, 0) is 35.4 Å². The number of hydrogen-bond donors (Lipinski definition) is 1. The second-order valence-electron chi connectivity index (χ2n) is 3.36. The van der Waals surface area contributed by atoms with Gasteiger partial charge in [-0.3, -0.25) is 0 Å². The van der Waals surface area contributed by atoms with Crippen LogP contribution in [0, 0.1) is 6.07 Å². The van der Waals surface area contributed by atoms with Gasteiger partial charge in [0.1, 0.15) is 0 Å². The van der Waals surface area contributed by atoms with Crippen molar-refractivity contribution >= 4 is 10.0 Å². The molecule has 0 aliphatic heterocycles. The van der Waals surface area contributed by atoms with E-state index in [0.29, 0.717) is 0 Å². The molecule has 0 aliphatic rings. The van der Waals surface area contributed by atoms with E-state index in [0.717, 1.165) is 11.1 Å². The molecule has 0 aliphatic carbocycles. The Kier molecular flexibility index (Phi) is 2.77. The zero-order chi connectivity index (χ0) is 11.6. The van der Waals surface area contributed by atoms with Crippen LogP contribution >= 0.6 is 0 Å². The van der Waals surface area contributed by atoms with Gasteiger partial charge in [0.25, 0.3) is 0 Å². The maximum absolute atomic E-state index is 11.1. The summed E-state index contributed by atoms with van der Waals surface area (Å²) in [7, 11) is -3.61. The van der Waals surface area contributed by atoms with Crippen molar-refractivity contribution in [2.45, 2.75) is 4.90 Å². The summed E-state index contributed by atoms with van der Waals surface area (Å²) >= 11 is 0. The standard InChI is InChI=1S/C12H10NO2S/c13-16(14,15)12-8-6-11(7-9-12)10-4-2-1-3-5-10/h1-2,4-9H,(H2,13,14,15). The normalized spacial score (nSPS) is 11.3. The van der Waals surface area contributed by atoms with Gasteiger partial charge in [-0.25, -0.2) is 13.6 Å². The van der Waals surface area contributed by atoms with Gasteiger partial charge in [0.05, 0.1) is 4.90 Å². The Hall–Kier alpha value is -1.65. The molecule has 0 saturated carbocycles. The second kappa shape index (κ2) is 4.08. The molecule has 2 N–H and O–H groups in total. The maximum atomic E-state index is 11.1. The third kappa shape index (κ3) is 2.29. The summed E-state index contributed by atoms with van der Waals surface area (Å²) in [5.74, 6) is 0. The summed E-state index contributed by atoms with van der Waals surface area (Å²) in [4.78, 5) is 0.121. The van der Waals surface area contributed by atoms with E-state index in [2.05, 4.69) is 6.07 Å². The fourth-order valence-corrected chi connectivity index (χ4v) is 1.93. The molecule has 16 heavy (non-hydrogen) atoms. The molecule has 0 fully saturated rings. The lowest BCUT2D eigenvalue weighted by molar-refractivity contribution is 0.598. The molecule has 2 aromatic rings. The topological polar surface area (TPSA) is 60.2 Å². The summed E-state index contributed by atoms with van der Waals surface area (Å²) in [6.07, 6.45) is 0. The Bertz CT molecular complexity index is 574. The monoisotopic (exact) mass is 232 g/mol. The van der Waals surface area contributed by atoms with Crippen LogP contribution in [0.4, 0.5) is 0 Å². The molecule has 0 bridgehead atoms. The lowest BCUT2D eigenvalue weighted by atomic mass is 10.1. The molecule has 2 rings (SSSR count). The van der Waals surface area contributed by atoms with Gasteiger partial charge < -0.3 is 0 Å². The summed E-state index contributed by atoms with van der Waals surface area (Å²) < 4.78 is 22.1. The Morgan fingerprint density at radius 3 is 2.19 bits per heavy atom. The third-order valence-electron chi connectivity index (χ3n) is 2.22. The smallest absolute Gasteiger partial charge is 0.225 e. The van der Waals surface area contributed by atoms with E-state index in [1.807, 2.05) is 24.3 Å². The van der Waals surface area contributed by atoms with Crippen LogP contribution in [0.2, 0.25) is 0 Å². The zero-order valence-electron chi connectivity index (χ0n) is 8.42. The van der Waals surface area contributed by atoms with Crippen molar-refractivity contribution in [3.8, 4) is 11.1 Å². The Labute approximate surface area is 94.6 Å². The minimum Gasteiger partial charge on any atom is -0.225 e. The third-order valence-corrected chi connectivity index (χ3v) is 3.15. The van der Waals surface area contributed by atoms with E-state index >= 15 is 0 Å². The first-order valence-corrected chi connectivity index (χ1v) is 6.21. The highest BCUT2D eigenvalue weighted by atomic mass is 32.2. The highest BCUT2D eigenvalue weighted by Gasteiger charge is 2.06. The van der Waals surface area contributed by atoms with Gasteiger partial charge in [-0.1, -0.05) is 30.3 Å². The zero-order valence-corrected chi connectivity index (χ0v) is 9.24. The van der Waals surface area contributed by atoms with Gasteiger partial charge in [0.2, 0.25) is 10.0 Å². The minimum absolute atomic E-state index is 0.121. The molecular formula is C12H10NO2S. The second-order valence-corrected chi connectivity index (χ2v) is 4.92. The van der Waals surface area contributed by atoms with Crippen molar-refractivity contribution in [2.24, 2.45) is 5.14 Å². The number of rotatable bonds is 2. The lowest BCUT2D eigenvalue weighted by Crippen LogP contribution is -2.11. The Morgan fingerprint density at radius 1 is 1.00 bits per heavy atom. The molecule has 81 valence electrons. The number of sulfonamides is 1. The van der Waals surface area contributed by atoms with Crippen LogP contribution in [0.15, 0.2) is 53.4 Å². The lowest BCUT2D eigenvalue weighted by Gasteiger charge is -2.02. The molecule has 1 radical (unpaired) electrons. The molecule has 0 atom stereocenters. The Balaban J connectivity index is 2.41. The first kappa shape index (κ1) is 10.9. The van der Waals surface area contributed by atoms with E-state index in [9.17, 15) is 8.42 Å². The molecular weight excluding hydrogens is 222 g/mol. The number of primary sulfonamides is 1. The summed E-state index contributed by atoms with van der Waals surface area (Å²) in [5.41, 5.74) is 1.92. The van der Waals surface area contributed by atoms with Crippen molar-refractivity contribution in [1.82, 2.24) is 0 Å². The van der Waals surface area contributed by atoms with Crippen molar-refractivity contribution in [1.29, 1.82) is 0 Å². The van der Waals surface area contributed by atoms with Gasteiger partial charge in [-0.2, -0.15) is 0 Å². The van der Waals surface area contributed by atoms with Crippen molar-refractivity contribution in [2.75, 3.05) is 0 Å². The fraction of sp³-hybridized carbons (Fsp3) is 0. The summed E-state index contributed by atoms with van der Waals surface area (Å²) in [6, 6.07) is 16.9. The van der Waals surface area contributed by atoms with Crippen LogP contribution in [0.1, 0.15) is 0 Å². The van der Waals surface area contributed by atoms with E-state index in [4.69, 9.17) is 5.14 Å². The quantitative estimate of drug-likeness (QED) is 0.858. The van der Waals surface area contributed by atoms with Gasteiger partial charge in [-0.15, -0.1) is 0 Å². The van der Waals surface area contributed by atoms with Crippen LogP contribution in [-0.2, 0) is 10.0 Å². The van der Waals surface area contributed by atoms with Crippen LogP contribution in [0.3, 0.4) is 0 Å². The summed E-state index contributed by atoms with van der Waals surface area (Å²) in [5, 5.41) is 5.01. The molecule has 3 nitrogen and oxygen atoms in total. The highest BCUT2D eigenvalue weighted by molar-refractivity contribution is 7.89. The number of hydrogen-bond acceptors (Lipinski definition) is 2. The van der Waals surface area contributed by atoms with E-state index in [-0.39, 0.29) is 4.90 Å². The van der Waals surface area contributed by atoms with E-state index < -0.39 is 10.0 Å². The largest absolute Gasteiger partial charge is 0.238 e.